The predicted molar refractivity (Wildman–Crippen MR) is 45.5 cm³/mol. The molecule has 1 nitrogen and oxygen atoms in total. The van der Waals surface area contributed by atoms with Gasteiger partial charge in [0.1, 0.15) is 18.2 Å². The van der Waals surface area contributed by atoms with Crippen LogP contribution in [-0.4, -0.2) is 6.61 Å². The molecular weight excluding hydrogens is 155 g/mol. The summed E-state index contributed by atoms with van der Waals surface area (Å²) < 4.78 is 17.7. The first-order chi connectivity index (χ1) is 5.74. The quantitative estimate of drug-likeness (QED) is 0.608. The minimum atomic E-state index is -0.312. The van der Waals surface area contributed by atoms with Gasteiger partial charge in [0.15, 0.2) is 0 Å². The smallest absolute Gasteiger partial charge is 0.148 e. The van der Waals surface area contributed by atoms with Gasteiger partial charge in [0.05, 0.1) is 0 Å². The van der Waals surface area contributed by atoms with Gasteiger partial charge in [-0.05, 0) is 18.6 Å². The second-order valence-electron chi connectivity index (χ2n) is 2.40. The lowest BCUT2D eigenvalue weighted by Crippen LogP contribution is -1.95. The summed E-state index contributed by atoms with van der Waals surface area (Å²) in [5, 5.41) is 0. The van der Waals surface area contributed by atoms with Gasteiger partial charge in [0, 0.05) is 6.07 Å². The highest BCUT2D eigenvalue weighted by molar-refractivity contribution is 5.32. The fraction of sp³-hybridized carbons (Fsp3) is 0.200. The number of hydrogen-bond acceptors (Lipinski definition) is 1. The highest BCUT2D eigenvalue weighted by Crippen LogP contribution is 2.18. The lowest BCUT2D eigenvalue weighted by Gasteiger charge is -2.04. The highest BCUT2D eigenvalue weighted by Gasteiger charge is 1.99. The van der Waals surface area contributed by atoms with Crippen LogP contribution in [0.3, 0.4) is 0 Å². The summed E-state index contributed by atoms with van der Waals surface area (Å²) in [6.45, 7) is 2.01. The molecule has 0 amide bonds. The Balaban J connectivity index is 2.84. The standard InChI is InChI=1S/C10H9FO/c1-3-6-12-10-7-9(11)5-4-8(10)2/h1,4-5,7H,6H2,2H3. The van der Waals surface area contributed by atoms with E-state index in [9.17, 15) is 4.39 Å². The van der Waals surface area contributed by atoms with Crippen LogP contribution in [0.25, 0.3) is 0 Å². The zero-order chi connectivity index (χ0) is 8.97. The van der Waals surface area contributed by atoms with Gasteiger partial charge in [-0.2, -0.15) is 0 Å². The first-order valence-corrected chi connectivity index (χ1v) is 3.56. The minimum absolute atomic E-state index is 0.171. The average molecular weight is 164 g/mol. The largest absolute Gasteiger partial charge is 0.481 e. The van der Waals surface area contributed by atoms with Gasteiger partial charge in [-0.25, -0.2) is 4.39 Å². The molecule has 12 heavy (non-hydrogen) atoms. The summed E-state index contributed by atoms with van der Waals surface area (Å²) in [6, 6.07) is 4.37. The molecule has 0 aliphatic rings. The van der Waals surface area contributed by atoms with Crippen molar-refractivity contribution in [2.45, 2.75) is 6.92 Å². The van der Waals surface area contributed by atoms with E-state index in [-0.39, 0.29) is 12.4 Å². The van der Waals surface area contributed by atoms with Gasteiger partial charge >= 0.3 is 0 Å². The van der Waals surface area contributed by atoms with E-state index < -0.39 is 0 Å². The number of aryl methyl sites for hydroxylation is 1. The topological polar surface area (TPSA) is 9.23 Å². The van der Waals surface area contributed by atoms with E-state index in [1.54, 1.807) is 6.07 Å². The summed E-state index contributed by atoms with van der Waals surface area (Å²) in [5.74, 6) is 2.51. The molecule has 0 radical (unpaired) electrons. The maximum Gasteiger partial charge on any atom is 0.148 e. The summed E-state index contributed by atoms with van der Waals surface area (Å²) in [4.78, 5) is 0. The van der Waals surface area contributed by atoms with Crippen molar-refractivity contribution >= 4 is 0 Å². The average Bonchev–Trinajstić information content (AvgIpc) is 2.07. The Morgan fingerprint density at radius 1 is 1.58 bits per heavy atom. The molecule has 1 rings (SSSR count). The molecule has 0 aliphatic carbocycles. The molecule has 0 atom stereocenters. The fourth-order valence-electron chi connectivity index (χ4n) is 0.849. The third-order valence-electron chi connectivity index (χ3n) is 1.46. The summed E-state index contributed by atoms with van der Waals surface area (Å²) in [7, 11) is 0. The number of hydrogen-bond donors (Lipinski definition) is 0. The van der Waals surface area contributed by atoms with E-state index >= 15 is 0 Å². The fourth-order valence-corrected chi connectivity index (χ4v) is 0.849. The maximum absolute atomic E-state index is 12.6. The predicted octanol–water partition coefficient (Wildman–Crippen LogP) is 2.15. The van der Waals surface area contributed by atoms with Crippen molar-refractivity contribution in [2.24, 2.45) is 0 Å². The van der Waals surface area contributed by atoms with Crippen molar-refractivity contribution in [3.05, 3.63) is 29.6 Å². The molecule has 2 heteroatoms. The summed E-state index contributed by atoms with van der Waals surface area (Å²) in [5.41, 5.74) is 0.881. The Bertz CT molecular complexity index is 312. The Hall–Kier alpha value is -1.49. The number of rotatable bonds is 2. The van der Waals surface area contributed by atoms with Crippen LogP contribution in [0.1, 0.15) is 5.56 Å². The van der Waals surface area contributed by atoms with E-state index in [1.165, 1.54) is 12.1 Å². The van der Waals surface area contributed by atoms with Gasteiger partial charge in [0.2, 0.25) is 0 Å². The van der Waals surface area contributed by atoms with Crippen LogP contribution in [0.5, 0.6) is 5.75 Å². The number of benzene rings is 1. The van der Waals surface area contributed by atoms with E-state index in [2.05, 4.69) is 5.92 Å². The van der Waals surface area contributed by atoms with E-state index in [0.717, 1.165) is 5.56 Å². The molecule has 0 heterocycles. The van der Waals surface area contributed by atoms with Crippen LogP contribution >= 0.6 is 0 Å². The molecule has 1 aromatic carbocycles. The maximum atomic E-state index is 12.6. The Labute approximate surface area is 71.2 Å². The molecule has 62 valence electrons. The van der Waals surface area contributed by atoms with E-state index in [0.29, 0.717) is 5.75 Å². The molecule has 0 N–H and O–H groups in total. The normalized spacial score (nSPS) is 9.08. The van der Waals surface area contributed by atoms with Crippen LogP contribution in [-0.2, 0) is 0 Å². The summed E-state index contributed by atoms with van der Waals surface area (Å²) >= 11 is 0. The van der Waals surface area contributed by atoms with Gasteiger partial charge in [0.25, 0.3) is 0 Å². The van der Waals surface area contributed by atoms with Gasteiger partial charge in [-0.1, -0.05) is 12.0 Å². The van der Waals surface area contributed by atoms with Crippen molar-refractivity contribution < 1.29 is 9.13 Å². The SMILES string of the molecule is C#CCOc1cc(F)ccc1C. The third kappa shape index (κ3) is 2.00. The molecule has 0 saturated carbocycles. The number of ether oxygens (including phenoxy) is 1. The first-order valence-electron chi connectivity index (χ1n) is 3.56. The van der Waals surface area contributed by atoms with Crippen molar-refractivity contribution in [2.75, 3.05) is 6.61 Å². The molecule has 0 fully saturated rings. The highest BCUT2D eigenvalue weighted by atomic mass is 19.1. The molecule has 0 aliphatic heterocycles. The van der Waals surface area contributed by atoms with Crippen LogP contribution in [0, 0.1) is 25.1 Å². The molecule has 0 bridgehead atoms. The molecule has 0 unspecified atom stereocenters. The number of terminal acetylenes is 1. The second-order valence-corrected chi connectivity index (χ2v) is 2.40. The van der Waals surface area contributed by atoms with Crippen LogP contribution in [0.15, 0.2) is 18.2 Å². The molecule has 0 aromatic heterocycles. The zero-order valence-electron chi connectivity index (χ0n) is 6.80. The van der Waals surface area contributed by atoms with E-state index in [4.69, 9.17) is 11.2 Å². The lowest BCUT2D eigenvalue weighted by atomic mass is 10.2. The Kier molecular flexibility index (Phi) is 2.71. The zero-order valence-corrected chi connectivity index (χ0v) is 6.80. The lowest BCUT2D eigenvalue weighted by molar-refractivity contribution is 0.365. The summed E-state index contributed by atoms with van der Waals surface area (Å²) in [6.07, 6.45) is 5.00. The molecule has 1 aromatic rings. The first kappa shape index (κ1) is 8.61. The monoisotopic (exact) mass is 164 g/mol. The molecule has 0 saturated heterocycles. The van der Waals surface area contributed by atoms with Crippen molar-refractivity contribution in [3.63, 3.8) is 0 Å². The Morgan fingerprint density at radius 2 is 2.33 bits per heavy atom. The van der Waals surface area contributed by atoms with Crippen LogP contribution < -0.4 is 4.74 Å². The van der Waals surface area contributed by atoms with Crippen molar-refractivity contribution in [1.29, 1.82) is 0 Å². The molecule has 0 spiro atoms. The van der Waals surface area contributed by atoms with Crippen LogP contribution in [0.4, 0.5) is 4.39 Å². The van der Waals surface area contributed by atoms with Crippen LogP contribution in [0.2, 0.25) is 0 Å². The second kappa shape index (κ2) is 3.77. The van der Waals surface area contributed by atoms with Gasteiger partial charge in [-0.3, -0.25) is 0 Å². The van der Waals surface area contributed by atoms with Crippen molar-refractivity contribution in [1.82, 2.24) is 0 Å². The van der Waals surface area contributed by atoms with Gasteiger partial charge in [-0.15, -0.1) is 6.42 Å². The number of halogens is 1. The third-order valence-corrected chi connectivity index (χ3v) is 1.46. The Morgan fingerprint density at radius 3 is 3.00 bits per heavy atom. The molecular formula is C10H9FO. The van der Waals surface area contributed by atoms with E-state index in [1.807, 2.05) is 6.92 Å². The van der Waals surface area contributed by atoms with Gasteiger partial charge < -0.3 is 4.74 Å². The minimum Gasteiger partial charge on any atom is -0.481 e. The van der Waals surface area contributed by atoms with Crippen molar-refractivity contribution in [3.8, 4) is 18.1 Å².